The van der Waals surface area contributed by atoms with Crippen LogP contribution in [0.4, 0.5) is 0 Å². The second-order valence-corrected chi connectivity index (χ2v) is 14.3. The van der Waals surface area contributed by atoms with Crippen molar-refractivity contribution < 1.29 is 25.8 Å². The van der Waals surface area contributed by atoms with Crippen molar-refractivity contribution in [2.75, 3.05) is 0 Å². The van der Waals surface area contributed by atoms with Crippen LogP contribution in [0.15, 0.2) is 146 Å². The summed E-state index contributed by atoms with van der Waals surface area (Å²) in [6.45, 7) is 13.1. The van der Waals surface area contributed by atoms with E-state index in [1.807, 2.05) is 0 Å². The van der Waals surface area contributed by atoms with Crippen molar-refractivity contribution in [1.29, 1.82) is 0 Å². The molecule has 0 aromatic heterocycles. The molecule has 0 aliphatic rings. The number of rotatable bonds is 6. The predicted octanol–water partition coefficient (Wildman–Crippen LogP) is 13.9. The quantitative estimate of drug-likeness (QED) is 0.116. The minimum absolute atomic E-state index is 0. The molecule has 8 aromatic carbocycles. The monoisotopic (exact) mass is 840 g/mol. The SMILES string of the molecule is Cc1ccc(C(c2ccc(C)cc2)(c2cc3c(-c4cc(C)cc(C)c4)cccc3[cH-]2)c2cc3c(-c4cc(C)cc(C)c4)cccc3[cH-]2)cc1.[CH3-].[CH3-].[Hf+4]. The summed E-state index contributed by atoms with van der Waals surface area (Å²) in [5.74, 6) is 0. The summed E-state index contributed by atoms with van der Waals surface area (Å²) < 4.78 is 0. The van der Waals surface area contributed by atoms with Crippen LogP contribution in [-0.2, 0) is 31.3 Å². The van der Waals surface area contributed by atoms with Gasteiger partial charge in [0.2, 0.25) is 0 Å². The van der Waals surface area contributed by atoms with E-state index in [0.717, 1.165) is 0 Å². The molecule has 0 spiro atoms. The van der Waals surface area contributed by atoms with Gasteiger partial charge in [0.05, 0.1) is 0 Å². The van der Waals surface area contributed by atoms with Crippen LogP contribution in [0.5, 0.6) is 0 Å². The standard InChI is InChI=1S/C49H42.2CH3.Hf/c1-31-13-17-41(18-14-31)49(42-19-15-32(2)16-20-42,43-27-37-9-7-11-45(47(37)29-43)39-23-33(3)21-34(4)24-39)44-28-38-10-8-12-46(48(38)30-44)40-25-35(5)22-36(6)26-40;;;/h7-30H,1-6H3;2*1H3;/q-2;2*-1;+4. The molecular weight excluding hydrogens is 791 g/mol. The molecule has 0 unspecified atom stereocenters. The van der Waals surface area contributed by atoms with Gasteiger partial charge in [-0.2, -0.15) is 12.1 Å². The molecule has 0 bridgehead atoms. The number of fused-ring (bicyclic) bond motifs is 2. The summed E-state index contributed by atoms with van der Waals surface area (Å²) >= 11 is 0. The van der Waals surface area contributed by atoms with E-state index < -0.39 is 5.41 Å². The Hall–Kier alpha value is -4.59. The zero-order chi connectivity index (χ0) is 33.9. The van der Waals surface area contributed by atoms with Crippen LogP contribution in [0.2, 0.25) is 0 Å². The van der Waals surface area contributed by atoms with Crippen molar-refractivity contribution in [2.24, 2.45) is 0 Å². The van der Waals surface area contributed by atoms with Crippen molar-refractivity contribution >= 4 is 21.5 Å². The van der Waals surface area contributed by atoms with E-state index >= 15 is 0 Å². The van der Waals surface area contributed by atoms with Gasteiger partial charge in [-0.25, -0.2) is 0 Å². The second-order valence-electron chi connectivity index (χ2n) is 14.3. The Bertz CT molecular complexity index is 2260. The maximum Gasteiger partial charge on any atom is 4.00 e. The molecule has 0 fully saturated rings. The van der Waals surface area contributed by atoms with Gasteiger partial charge in [0.1, 0.15) is 0 Å². The van der Waals surface area contributed by atoms with E-state index in [9.17, 15) is 0 Å². The van der Waals surface area contributed by atoms with E-state index in [1.165, 1.54) is 99.4 Å². The third-order valence-electron chi connectivity index (χ3n) is 10.4. The van der Waals surface area contributed by atoms with E-state index in [0.29, 0.717) is 0 Å². The van der Waals surface area contributed by atoms with Crippen molar-refractivity contribution in [2.45, 2.75) is 47.0 Å². The summed E-state index contributed by atoms with van der Waals surface area (Å²) in [7, 11) is 0. The Balaban J connectivity index is 0.00000174. The molecule has 0 heterocycles. The van der Waals surface area contributed by atoms with Crippen LogP contribution in [0.1, 0.15) is 55.6 Å². The van der Waals surface area contributed by atoms with Crippen LogP contribution in [0.25, 0.3) is 43.8 Å². The third kappa shape index (κ3) is 6.72. The molecule has 0 aliphatic carbocycles. The first-order valence-corrected chi connectivity index (χ1v) is 17.4. The summed E-state index contributed by atoms with van der Waals surface area (Å²) in [4.78, 5) is 0. The van der Waals surface area contributed by atoms with Crippen molar-refractivity contribution in [3.05, 3.63) is 216 Å². The minimum Gasteiger partial charge on any atom is -0.358 e. The van der Waals surface area contributed by atoms with Gasteiger partial charge in [-0.05, 0) is 63.8 Å². The fourth-order valence-corrected chi connectivity index (χ4v) is 8.27. The number of hydrogen-bond donors (Lipinski definition) is 0. The first-order valence-electron chi connectivity index (χ1n) is 17.4. The molecule has 0 N–H and O–H groups in total. The zero-order valence-corrected chi connectivity index (χ0v) is 35.4. The summed E-state index contributed by atoms with van der Waals surface area (Å²) in [6, 6.07) is 55.7. The average Bonchev–Trinajstić information content (AvgIpc) is 3.71. The minimum atomic E-state index is -0.543. The molecule has 0 saturated heterocycles. The van der Waals surface area contributed by atoms with Crippen LogP contribution < -0.4 is 0 Å². The van der Waals surface area contributed by atoms with Crippen molar-refractivity contribution in [3.8, 4) is 22.3 Å². The molecule has 0 aliphatic heterocycles. The Kier molecular flexibility index (Phi) is 11.3. The van der Waals surface area contributed by atoms with Crippen LogP contribution in [0.3, 0.4) is 0 Å². The number of hydrogen-bond acceptors (Lipinski definition) is 0. The zero-order valence-electron chi connectivity index (χ0n) is 31.9. The molecular formula is C51H48Hf. The molecule has 0 amide bonds. The van der Waals surface area contributed by atoms with Gasteiger partial charge < -0.3 is 14.9 Å². The molecule has 8 aromatic rings. The molecule has 52 heavy (non-hydrogen) atoms. The van der Waals surface area contributed by atoms with Gasteiger partial charge in [0, 0.05) is 5.41 Å². The van der Waals surface area contributed by atoms with Crippen molar-refractivity contribution in [1.82, 2.24) is 0 Å². The molecule has 0 radical (unpaired) electrons. The van der Waals surface area contributed by atoms with Crippen LogP contribution >= 0.6 is 0 Å². The average molecular weight is 839 g/mol. The molecule has 1 heteroatoms. The van der Waals surface area contributed by atoms with Crippen LogP contribution in [-0.4, -0.2) is 0 Å². The normalized spacial score (nSPS) is 11.2. The topological polar surface area (TPSA) is 0 Å². The van der Waals surface area contributed by atoms with Gasteiger partial charge in [0.15, 0.2) is 0 Å². The predicted molar refractivity (Wildman–Crippen MR) is 223 cm³/mol. The Morgan fingerprint density at radius 2 is 0.731 bits per heavy atom. The fourth-order valence-electron chi connectivity index (χ4n) is 8.27. The van der Waals surface area contributed by atoms with Gasteiger partial charge in [-0.1, -0.05) is 142 Å². The van der Waals surface area contributed by atoms with Crippen LogP contribution in [0, 0.1) is 56.4 Å². The van der Waals surface area contributed by atoms with E-state index in [4.69, 9.17) is 0 Å². The molecule has 0 nitrogen and oxygen atoms in total. The second kappa shape index (κ2) is 15.2. The Morgan fingerprint density at radius 3 is 1.08 bits per heavy atom. The van der Waals surface area contributed by atoms with Gasteiger partial charge >= 0.3 is 25.8 Å². The molecule has 0 atom stereocenters. The fraction of sp³-hybridized carbons (Fsp3) is 0.137. The van der Waals surface area contributed by atoms with Gasteiger partial charge in [0.25, 0.3) is 0 Å². The van der Waals surface area contributed by atoms with Gasteiger partial charge in [-0.15, -0.1) is 69.1 Å². The summed E-state index contributed by atoms with van der Waals surface area (Å²) in [5.41, 5.74) is 17.3. The van der Waals surface area contributed by atoms with E-state index in [2.05, 4.69) is 187 Å². The van der Waals surface area contributed by atoms with Crippen molar-refractivity contribution in [3.63, 3.8) is 0 Å². The number of benzene rings is 6. The molecule has 256 valence electrons. The third-order valence-corrected chi connectivity index (χ3v) is 10.4. The smallest absolute Gasteiger partial charge is 0.358 e. The maximum absolute atomic E-state index is 2.48. The molecule has 0 saturated carbocycles. The molecule has 8 rings (SSSR count). The largest absolute Gasteiger partial charge is 4.00 e. The van der Waals surface area contributed by atoms with E-state index in [-0.39, 0.29) is 40.7 Å². The van der Waals surface area contributed by atoms with Gasteiger partial charge in [-0.3, -0.25) is 0 Å². The first-order chi connectivity index (χ1) is 23.7. The number of aryl methyl sites for hydroxylation is 6. The van der Waals surface area contributed by atoms with E-state index in [1.54, 1.807) is 0 Å². The summed E-state index contributed by atoms with van der Waals surface area (Å²) in [6.07, 6.45) is 0. The summed E-state index contributed by atoms with van der Waals surface area (Å²) in [5, 5.41) is 5.11. The Labute approximate surface area is 330 Å². The Morgan fingerprint density at radius 1 is 0.385 bits per heavy atom. The maximum atomic E-state index is 2.48. The first kappa shape index (κ1) is 38.6.